The first-order valence-corrected chi connectivity index (χ1v) is 9.26. The Bertz CT molecular complexity index is 952. The highest BCUT2D eigenvalue weighted by atomic mass is 35.5. The van der Waals surface area contributed by atoms with E-state index >= 15 is 0 Å². The number of hydrogen-bond donors (Lipinski definition) is 2. The van der Waals surface area contributed by atoms with Crippen LogP contribution in [0.5, 0.6) is 11.9 Å². The minimum absolute atomic E-state index is 0.0357. The molecule has 1 spiro atoms. The summed E-state index contributed by atoms with van der Waals surface area (Å²) < 4.78 is 39.3. The molecule has 2 aliphatic heterocycles. The third-order valence-corrected chi connectivity index (χ3v) is 5.63. The zero-order valence-corrected chi connectivity index (χ0v) is 16.6. The highest BCUT2D eigenvalue weighted by Crippen LogP contribution is 2.61. The molecule has 0 atom stereocenters. The molecule has 8 nitrogen and oxygen atoms in total. The molecule has 29 heavy (non-hydrogen) atoms. The minimum atomic E-state index is -2.76. The van der Waals surface area contributed by atoms with Crippen LogP contribution in [0.4, 0.5) is 8.78 Å². The molecule has 3 aliphatic rings. The first-order chi connectivity index (χ1) is 13.8. The lowest BCUT2D eigenvalue weighted by molar-refractivity contribution is -0.0375. The molecule has 1 saturated carbocycles. The average molecular weight is 425 g/mol. The van der Waals surface area contributed by atoms with Crippen molar-refractivity contribution in [2.75, 3.05) is 27.3 Å². The fourth-order valence-electron chi connectivity index (χ4n) is 3.53. The maximum atomic E-state index is 14.5. The molecule has 0 aromatic carbocycles. The summed E-state index contributed by atoms with van der Waals surface area (Å²) in [6, 6.07) is 0.118. The smallest absolute Gasteiger partial charge is 0.319 e. The summed E-state index contributed by atoms with van der Waals surface area (Å²) >= 11 is 6.11. The minimum Gasteiger partial charge on any atom is -0.480 e. The lowest BCUT2D eigenvalue weighted by Crippen LogP contribution is -2.34. The lowest BCUT2D eigenvalue weighted by atomic mass is 10.0. The number of aliphatic imine (C=N–C) groups is 1. The van der Waals surface area contributed by atoms with Crippen LogP contribution in [0.1, 0.15) is 18.4 Å². The van der Waals surface area contributed by atoms with Gasteiger partial charge in [-0.25, -0.2) is 18.8 Å². The predicted octanol–water partition coefficient (Wildman–Crippen LogP) is 2.52. The molecule has 0 bridgehead atoms. The molecule has 1 aliphatic carbocycles. The van der Waals surface area contributed by atoms with Crippen molar-refractivity contribution in [3.63, 3.8) is 0 Å². The Hall–Kier alpha value is -2.75. The summed E-state index contributed by atoms with van der Waals surface area (Å²) in [6.45, 7) is -0.164. The van der Waals surface area contributed by atoms with Gasteiger partial charge in [0.05, 0.1) is 37.5 Å². The zero-order valence-electron chi connectivity index (χ0n) is 15.8. The maximum absolute atomic E-state index is 14.5. The standard InChI is InChI=1S/C18H19ClF2N6O2/c1-28-15-10(7-23-16(26-15)29-2)12-5-13(25-14(24-12)11(19)6-22)27-8-17(3-4-17)18(20,21)9-27/h5-7,22,25H,3-4,8-9H2,1-2H3/b14-11+,22-6?. The van der Waals surface area contributed by atoms with Crippen LogP contribution >= 0.6 is 11.6 Å². The van der Waals surface area contributed by atoms with Gasteiger partial charge in [-0.3, -0.25) is 0 Å². The van der Waals surface area contributed by atoms with E-state index in [0.29, 0.717) is 29.9 Å². The van der Waals surface area contributed by atoms with Crippen LogP contribution in [-0.2, 0) is 0 Å². The Labute approximate surface area is 170 Å². The number of hydrogen-bond acceptors (Lipinski definition) is 8. The molecule has 154 valence electrons. The molecule has 1 aromatic heterocycles. The van der Waals surface area contributed by atoms with Gasteiger partial charge in [0.2, 0.25) is 5.88 Å². The van der Waals surface area contributed by atoms with E-state index in [9.17, 15) is 8.78 Å². The Kier molecular flexibility index (Phi) is 4.68. The highest BCUT2D eigenvalue weighted by molar-refractivity contribution is 6.39. The average Bonchev–Trinajstić information content (AvgIpc) is 3.47. The molecule has 1 saturated heterocycles. The Morgan fingerprint density at radius 2 is 2.07 bits per heavy atom. The third-order valence-electron chi connectivity index (χ3n) is 5.34. The molecular weight excluding hydrogens is 406 g/mol. The quantitative estimate of drug-likeness (QED) is 0.705. The van der Waals surface area contributed by atoms with Crippen LogP contribution < -0.4 is 14.8 Å². The van der Waals surface area contributed by atoms with Crippen molar-refractivity contribution >= 4 is 23.5 Å². The van der Waals surface area contributed by atoms with Crippen LogP contribution in [0.25, 0.3) is 0 Å². The second-order valence-electron chi connectivity index (χ2n) is 7.11. The summed E-state index contributed by atoms with van der Waals surface area (Å²) in [6.07, 6.45) is 5.04. The molecular formula is C18H19ClF2N6O2. The van der Waals surface area contributed by atoms with E-state index in [1.165, 1.54) is 20.4 Å². The topological polar surface area (TPSA) is 95.7 Å². The fourth-order valence-corrected chi connectivity index (χ4v) is 3.62. The summed E-state index contributed by atoms with van der Waals surface area (Å²) in [7, 11) is 2.87. The van der Waals surface area contributed by atoms with Gasteiger partial charge in [0.25, 0.3) is 5.92 Å². The number of nitrogens with one attached hydrogen (secondary N) is 2. The molecule has 2 N–H and O–H groups in total. The predicted molar refractivity (Wildman–Crippen MR) is 103 cm³/mol. The number of likely N-dealkylation sites (tertiary alicyclic amines) is 1. The van der Waals surface area contributed by atoms with Crippen molar-refractivity contribution in [2.24, 2.45) is 10.4 Å². The number of halogens is 3. The highest BCUT2D eigenvalue weighted by Gasteiger charge is 2.67. The molecule has 11 heteroatoms. The monoisotopic (exact) mass is 424 g/mol. The number of alkyl halides is 2. The molecule has 2 fully saturated rings. The third kappa shape index (κ3) is 3.31. The van der Waals surface area contributed by atoms with Gasteiger partial charge >= 0.3 is 6.01 Å². The van der Waals surface area contributed by atoms with Gasteiger partial charge in [-0.1, -0.05) is 11.6 Å². The van der Waals surface area contributed by atoms with Crippen LogP contribution in [0, 0.1) is 10.8 Å². The van der Waals surface area contributed by atoms with Crippen LogP contribution in [0.3, 0.4) is 0 Å². The number of aromatic nitrogens is 2. The van der Waals surface area contributed by atoms with E-state index in [2.05, 4.69) is 20.3 Å². The number of ether oxygens (including phenoxy) is 2. The Morgan fingerprint density at radius 3 is 2.66 bits per heavy atom. The van der Waals surface area contributed by atoms with Gasteiger partial charge in [-0.2, -0.15) is 4.98 Å². The van der Waals surface area contributed by atoms with E-state index in [-0.39, 0.29) is 29.3 Å². The first kappa shape index (κ1) is 19.6. The summed E-state index contributed by atoms with van der Waals surface area (Å²) in [4.78, 5) is 14.2. The summed E-state index contributed by atoms with van der Waals surface area (Å²) in [5, 5.41) is 10.4. The first-order valence-electron chi connectivity index (χ1n) is 8.88. The van der Waals surface area contributed by atoms with Crippen LogP contribution in [0.2, 0.25) is 0 Å². The number of rotatable bonds is 5. The van der Waals surface area contributed by atoms with E-state index in [0.717, 1.165) is 6.21 Å². The zero-order chi connectivity index (χ0) is 20.8. The summed E-state index contributed by atoms with van der Waals surface area (Å²) in [5.74, 6) is -1.96. The second kappa shape index (κ2) is 6.94. The fraction of sp³-hybridized carbons (Fsp3) is 0.444. The van der Waals surface area contributed by atoms with Crippen molar-refractivity contribution in [3.8, 4) is 11.9 Å². The van der Waals surface area contributed by atoms with Gasteiger partial charge < -0.3 is 25.1 Å². The molecule has 3 heterocycles. The van der Waals surface area contributed by atoms with E-state index < -0.39 is 17.9 Å². The van der Waals surface area contributed by atoms with Crippen LogP contribution in [-0.4, -0.2) is 60.0 Å². The normalized spacial score (nSPS) is 23.1. The largest absolute Gasteiger partial charge is 0.480 e. The van der Waals surface area contributed by atoms with Gasteiger partial charge in [-0.05, 0) is 12.8 Å². The van der Waals surface area contributed by atoms with Gasteiger partial charge in [-0.15, -0.1) is 0 Å². The van der Waals surface area contributed by atoms with Crippen molar-refractivity contribution < 1.29 is 18.3 Å². The summed E-state index contributed by atoms with van der Waals surface area (Å²) in [5.41, 5.74) is -0.153. The van der Waals surface area contributed by atoms with E-state index in [1.54, 1.807) is 11.0 Å². The SMILES string of the molecule is COc1ncc(C2=N/C(=C(\Cl)C=N)NC(N3CC(F)(F)C4(CC4)C3)=C2)c(OC)n1. The van der Waals surface area contributed by atoms with Crippen molar-refractivity contribution in [1.29, 1.82) is 5.41 Å². The van der Waals surface area contributed by atoms with E-state index in [1.807, 2.05) is 0 Å². The van der Waals surface area contributed by atoms with Crippen LogP contribution in [0.15, 0.2) is 33.9 Å². The maximum Gasteiger partial charge on any atom is 0.319 e. The van der Waals surface area contributed by atoms with Crippen molar-refractivity contribution in [2.45, 2.75) is 18.8 Å². The number of nitrogens with zero attached hydrogens (tertiary/aromatic N) is 4. The van der Waals surface area contributed by atoms with Crippen molar-refractivity contribution in [1.82, 2.24) is 20.2 Å². The molecule has 4 rings (SSSR count). The molecule has 0 radical (unpaired) electrons. The Morgan fingerprint density at radius 1 is 1.31 bits per heavy atom. The molecule has 0 amide bonds. The van der Waals surface area contributed by atoms with Gasteiger partial charge in [0.15, 0.2) is 5.82 Å². The van der Waals surface area contributed by atoms with Gasteiger partial charge in [0, 0.05) is 25.0 Å². The van der Waals surface area contributed by atoms with Crippen molar-refractivity contribution in [3.05, 3.63) is 34.5 Å². The van der Waals surface area contributed by atoms with E-state index in [4.69, 9.17) is 26.5 Å². The molecule has 0 unspecified atom stereocenters. The van der Waals surface area contributed by atoms with Gasteiger partial charge in [0.1, 0.15) is 10.9 Å². The Balaban J connectivity index is 1.76. The second-order valence-corrected chi connectivity index (χ2v) is 7.52. The lowest BCUT2D eigenvalue weighted by Gasteiger charge is -2.27. The number of allylic oxidation sites excluding steroid dienone is 2. The molecule has 1 aromatic rings. The number of methoxy groups -OCH3 is 2.